The molecule has 0 aromatic carbocycles. The van der Waals surface area contributed by atoms with E-state index in [1.54, 1.807) is 6.20 Å². The fourth-order valence-corrected chi connectivity index (χ4v) is 2.61. The highest BCUT2D eigenvalue weighted by Gasteiger charge is 2.35. The first kappa shape index (κ1) is 10.2. The van der Waals surface area contributed by atoms with Gasteiger partial charge in [-0.1, -0.05) is 11.6 Å². The van der Waals surface area contributed by atoms with E-state index in [9.17, 15) is 0 Å². The van der Waals surface area contributed by atoms with Crippen LogP contribution in [0.15, 0.2) is 12.3 Å². The van der Waals surface area contributed by atoms with Gasteiger partial charge in [-0.05, 0) is 6.07 Å². The summed E-state index contributed by atoms with van der Waals surface area (Å²) in [6.07, 6.45) is 1.69. The molecule has 0 bridgehead atoms. The maximum atomic E-state index is 5.95. The molecule has 1 aromatic heterocycles. The molecule has 1 fully saturated rings. The molecule has 2 atom stereocenters. The lowest BCUT2D eigenvalue weighted by Crippen LogP contribution is -2.38. The first-order valence-electron chi connectivity index (χ1n) is 5.45. The van der Waals surface area contributed by atoms with Gasteiger partial charge in [0.25, 0.3) is 0 Å². The number of halogens is 1. The molecule has 4 nitrogen and oxygen atoms in total. The number of nitrogens with zero attached hydrogens (tertiary/aromatic N) is 2. The fraction of sp³-hybridized carbons (Fsp3) is 0.545. The molecule has 1 N–H and O–H groups in total. The maximum absolute atomic E-state index is 5.95. The Morgan fingerprint density at radius 1 is 1.56 bits per heavy atom. The second kappa shape index (κ2) is 3.79. The number of fused-ring (bicyclic) bond motifs is 2. The number of ether oxygens (including phenoxy) is 1. The zero-order valence-corrected chi connectivity index (χ0v) is 9.87. The lowest BCUT2D eigenvalue weighted by molar-refractivity contribution is 0.185. The Balaban J connectivity index is 2.01. The number of aromatic nitrogens is 1. The highest BCUT2D eigenvalue weighted by molar-refractivity contribution is 6.30. The normalized spacial score (nSPS) is 28.0. The molecule has 0 spiro atoms. The minimum absolute atomic E-state index is 0.419. The number of likely N-dealkylation sites (N-methyl/N-ethyl adjacent to an activating group) is 1. The molecule has 86 valence electrons. The number of hydrogen-bond donors (Lipinski definition) is 1. The van der Waals surface area contributed by atoms with Crippen LogP contribution in [-0.4, -0.2) is 37.8 Å². The van der Waals surface area contributed by atoms with Crippen LogP contribution in [0, 0.1) is 5.92 Å². The van der Waals surface area contributed by atoms with Crippen LogP contribution < -0.4 is 10.2 Å². The van der Waals surface area contributed by atoms with Crippen LogP contribution in [0.4, 0.5) is 11.5 Å². The molecule has 2 unspecified atom stereocenters. The number of anilines is 2. The molecular weight excluding hydrogens is 226 g/mol. The van der Waals surface area contributed by atoms with Crippen LogP contribution in [0.2, 0.25) is 5.02 Å². The maximum Gasteiger partial charge on any atom is 0.152 e. The Kier molecular flexibility index (Phi) is 2.41. The van der Waals surface area contributed by atoms with Crippen LogP contribution in [0.3, 0.4) is 0 Å². The highest BCUT2D eigenvalue weighted by atomic mass is 35.5. The van der Waals surface area contributed by atoms with Crippen LogP contribution in [-0.2, 0) is 4.74 Å². The fourth-order valence-electron chi connectivity index (χ4n) is 2.45. The first-order chi connectivity index (χ1) is 7.75. The van der Waals surface area contributed by atoms with Crippen molar-refractivity contribution in [2.45, 2.75) is 6.04 Å². The number of nitrogens with one attached hydrogen (secondary N) is 1. The summed E-state index contributed by atoms with van der Waals surface area (Å²) in [5.41, 5.74) is 1.02. The van der Waals surface area contributed by atoms with Gasteiger partial charge < -0.3 is 15.0 Å². The molecule has 5 heteroatoms. The lowest BCUT2D eigenvalue weighted by atomic mass is 10.0. The van der Waals surface area contributed by atoms with E-state index in [1.165, 1.54) is 0 Å². The van der Waals surface area contributed by atoms with Crippen molar-refractivity contribution in [2.24, 2.45) is 5.92 Å². The smallest absolute Gasteiger partial charge is 0.152 e. The monoisotopic (exact) mass is 239 g/mol. The Labute approximate surface area is 99.6 Å². The summed E-state index contributed by atoms with van der Waals surface area (Å²) in [6, 6.07) is 2.35. The van der Waals surface area contributed by atoms with Gasteiger partial charge >= 0.3 is 0 Å². The van der Waals surface area contributed by atoms with Crippen LogP contribution in [0.25, 0.3) is 0 Å². The van der Waals surface area contributed by atoms with Crippen molar-refractivity contribution in [2.75, 3.05) is 37.0 Å². The minimum atomic E-state index is 0.419. The molecule has 1 aromatic rings. The standard InChI is InChI=1S/C11H14ClN3O/c1-15-10-6-16-5-7(10)3-13-9-2-8(12)4-14-11(9)15/h2,4,7,10,13H,3,5-6H2,1H3. The molecule has 0 amide bonds. The van der Waals surface area contributed by atoms with E-state index in [-0.39, 0.29) is 0 Å². The van der Waals surface area contributed by atoms with Crippen LogP contribution in [0.1, 0.15) is 0 Å². The van der Waals surface area contributed by atoms with Gasteiger partial charge in [-0.2, -0.15) is 0 Å². The van der Waals surface area contributed by atoms with Gasteiger partial charge in [0.2, 0.25) is 0 Å². The summed E-state index contributed by atoms with van der Waals surface area (Å²) >= 11 is 5.95. The van der Waals surface area contributed by atoms with E-state index in [0.717, 1.165) is 31.3 Å². The minimum Gasteiger partial charge on any atom is -0.382 e. The van der Waals surface area contributed by atoms with Crippen molar-refractivity contribution in [3.05, 3.63) is 17.3 Å². The number of rotatable bonds is 0. The van der Waals surface area contributed by atoms with Crippen LogP contribution in [0.5, 0.6) is 0 Å². The Hall–Kier alpha value is -1.00. The lowest BCUT2D eigenvalue weighted by Gasteiger charge is -2.26. The molecule has 0 radical (unpaired) electrons. The van der Waals surface area contributed by atoms with Crippen molar-refractivity contribution in [1.82, 2.24) is 4.98 Å². The molecular formula is C11H14ClN3O. The number of pyridine rings is 1. The second-order valence-electron chi connectivity index (χ2n) is 4.38. The third-order valence-electron chi connectivity index (χ3n) is 3.38. The van der Waals surface area contributed by atoms with Crippen molar-refractivity contribution >= 4 is 23.1 Å². The Morgan fingerprint density at radius 3 is 3.31 bits per heavy atom. The average Bonchev–Trinajstić information content (AvgIpc) is 2.69. The van der Waals surface area contributed by atoms with E-state index >= 15 is 0 Å². The molecule has 16 heavy (non-hydrogen) atoms. The Bertz CT molecular complexity index is 412. The quantitative estimate of drug-likeness (QED) is 0.747. The zero-order valence-electron chi connectivity index (χ0n) is 9.11. The third-order valence-corrected chi connectivity index (χ3v) is 3.59. The van der Waals surface area contributed by atoms with Gasteiger partial charge in [-0.15, -0.1) is 0 Å². The Morgan fingerprint density at radius 2 is 2.44 bits per heavy atom. The summed E-state index contributed by atoms with van der Waals surface area (Å²) < 4.78 is 5.52. The third kappa shape index (κ3) is 1.53. The molecule has 0 aliphatic carbocycles. The van der Waals surface area contributed by atoms with Gasteiger partial charge in [0.1, 0.15) is 0 Å². The van der Waals surface area contributed by atoms with E-state index in [2.05, 4.69) is 22.2 Å². The van der Waals surface area contributed by atoms with E-state index < -0.39 is 0 Å². The van der Waals surface area contributed by atoms with Gasteiger partial charge in [-0.3, -0.25) is 0 Å². The van der Waals surface area contributed by atoms with Gasteiger partial charge in [0.15, 0.2) is 5.82 Å². The molecule has 3 heterocycles. The largest absolute Gasteiger partial charge is 0.382 e. The van der Waals surface area contributed by atoms with Crippen LogP contribution >= 0.6 is 11.6 Å². The van der Waals surface area contributed by atoms with Crippen molar-refractivity contribution in [1.29, 1.82) is 0 Å². The van der Waals surface area contributed by atoms with Gasteiger partial charge in [0.05, 0.1) is 30.0 Å². The van der Waals surface area contributed by atoms with E-state index in [0.29, 0.717) is 17.0 Å². The molecule has 2 aliphatic rings. The summed E-state index contributed by atoms with van der Waals surface area (Å²) in [5.74, 6) is 1.49. The second-order valence-corrected chi connectivity index (χ2v) is 4.82. The summed E-state index contributed by atoms with van der Waals surface area (Å²) in [6.45, 7) is 2.53. The first-order valence-corrected chi connectivity index (χ1v) is 5.83. The summed E-state index contributed by atoms with van der Waals surface area (Å²) in [7, 11) is 2.07. The van der Waals surface area contributed by atoms with Crippen molar-refractivity contribution in [3.63, 3.8) is 0 Å². The van der Waals surface area contributed by atoms with Gasteiger partial charge in [0, 0.05) is 25.7 Å². The summed E-state index contributed by atoms with van der Waals surface area (Å²) in [5, 5.41) is 4.07. The SMILES string of the molecule is CN1c2ncc(Cl)cc2NCC2COCC21. The predicted molar refractivity (Wildman–Crippen MR) is 64.2 cm³/mol. The van der Waals surface area contributed by atoms with E-state index in [4.69, 9.17) is 16.3 Å². The zero-order chi connectivity index (χ0) is 11.1. The van der Waals surface area contributed by atoms with Crippen molar-refractivity contribution in [3.8, 4) is 0 Å². The predicted octanol–water partition coefficient (Wildman–Crippen LogP) is 1.61. The average molecular weight is 240 g/mol. The molecule has 1 saturated heterocycles. The van der Waals surface area contributed by atoms with E-state index in [1.807, 2.05) is 6.07 Å². The van der Waals surface area contributed by atoms with Gasteiger partial charge in [-0.25, -0.2) is 4.98 Å². The number of hydrogen-bond acceptors (Lipinski definition) is 4. The molecule has 3 rings (SSSR count). The highest BCUT2D eigenvalue weighted by Crippen LogP contribution is 2.33. The molecule has 2 aliphatic heterocycles. The summed E-state index contributed by atoms with van der Waals surface area (Å²) in [4.78, 5) is 6.59. The topological polar surface area (TPSA) is 37.4 Å². The van der Waals surface area contributed by atoms with Crippen molar-refractivity contribution < 1.29 is 4.74 Å². The molecule has 0 saturated carbocycles.